The van der Waals surface area contributed by atoms with Gasteiger partial charge >= 0.3 is 0 Å². The summed E-state index contributed by atoms with van der Waals surface area (Å²) in [7, 11) is 0. The minimum absolute atomic E-state index is 0.0546. The first kappa shape index (κ1) is 24.3. The molecule has 1 N–H and O–H groups in total. The van der Waals surface area contributed by atoms with E-state index in [1.54, 1.807) is 35.2 Å². The minimum Gasteiger partial charge on any atom is -0.349 e. The van der Waals surface area contributed by atoms with Crippen LogP contribution in [0.3, 0.4) is 0 Å². The molecule has 0 aromatic heterocycles. The molecule has 1 saturated carbocycles. The molecule has 184 valence electrons. The highest BCUT2D eigenvalue weighted by Crippen LogP contribution is 2.42. The smallest absolute Gasteiger partial charge is 0.265 e. The van der Waals surface area contributed by atoms with Gasteiger partial charge in [0, 0.05) is 22.1 Å². The second-order valence-electron chi connectivity index (χ2n) is 9.52. The highest BCUT2D eigenvalue weighted by molar-refractivity contribution is 8.04. The average Bonchev–Trinajstić information content (AvgIpc) is 2.89. The predicted molar refractivity (Wildman–Crippen MR) is 143 cm³/mol. The van der Waals surface area contributed by atoms with E-state index in [-0.39, 0.29) is 30.2 Å². The average molecular weight is 501 g/mol. The Morgan fingerprint density at radius 1 is 1.03 bits per heavy atom. The molecule has 0 radical (unpaired) electrons. The van der Waals surface area contributed by atoms with E-state index in [0.29, 0.717) is 21.9 Å². The van der Waals surface area contributed by atoms with Gasteiger partial charge in [-0.3, -0.25) is 9.59 Å². The number of amides is 2. The van der Waals surface area contributed by atoms with E-state index in [0.717, 1.165) is 35.4 Å². The van der Waals surface area contributed by atoms with Crippen LogP contribution >= 0.6 is 11.8 Å². The van der Waals surface area contributed by atoms with Crippen LogP contribution in [0.5, 0.6) is 0 Å². The van der Waals surface area contributed by atoms with Gasteiger partial charge in [0.25, 0.3) is 11.8 Å². The Bertz CT molecular complexity index is 1300. The Balaban J connectivity index is 1.36. The zero-order chi connectivity index (χ0) is 25.1. The lowest BCUT2D eigenvalue weighted by Gasteiger charge is -2.30. The molecule has 4 nitrogen and oxygen atoms in total. The first-order valence-corrected chi connectivity index (χ1v) is 13.3. The molecule has 5 rings (SSSR count). The Kier molecular flexibility index (Phi) is 7.23. The van der Waals surface area contributed by atoms with Gasteiger partial charge in [-0.2, -0.15) is 0 Å². The molecule has 0 unspecified atom stereocenters. The van der Waals surface area contributed by atoms with Gasteiger partial charge in [-0.05, 0) is 60.7 Å². The second-order valence-corrected chi connectivity index (χ2v) is 10.6. The highest BCUT2D eigenvalue weighted by atomic mass is 32.2. The van der Waals surface area contributed by atoms with Gasteiger partial charge in [0.1, 0.15) is 5.82 Å². The molecule has 2 amide bonds. The summed E-state index contributed by atoms with van der Waals surface area (Å²) in [6, 6.07) is 21.8. The number of hydrogen-bond acceptors (Lipinski definition) is 3. The van der Waals surface area contributed by atoms with Crippen molar-refractivity contribution in [3.63, 3.8) is 0 Å². The first-order valence-electron chi connectivity index (χ1n) is 12.4. The second kappa shape index (κ2) is 10.7. The fourth-order valence-corrected chi connectivity index (χ4v) is 5.94. The van der Waals surface area contributed by atoms with Crippen molar-refractivity contribution in [3.8, 4) is 0 Å². The third-order valence-corrected chi connectivity index (χ3v) is 8.09. The molecule has 3 aromatic rings. The zero-order valence-electron chi connectivity index (χ0n) is 20.2. The minimum atomic E-state index is -0.331. The lowest BCUT2D eigenvalue weighted by Crippen LogP contribution is -2.41. The van der Waals surface area contributed by atoms with E-state index < -0.39 is 0 Å². The third-order valence-electron chi connectivity index (χ3n) is 7.02. The van der Waals surface area contributed by atoms with E-state index in [2.05, 4.69) is 12.2 Å². The molecule has 2 atom stereocenters. The number of fused-ring (bicyclic) bond motifs is 1. The number of benzene rings is 3. The molecular formula is C30H29FN2O2S. The number of halogens is 1. The van der Waals surface area contributed by atoms with Gasteiger partial charge in [-0.25, -0.2) is 4.39 Å². The Morgan fingerprint density at radius 3 is 2.53 bits per heavy atom. The number of carbonyl (C=O) groups is 2. The fraction of sp³-hybridized carbons (Fsp3) is 0.267. The van der Waals surface area contributed by atoms with Crippen molar-refractivity contribution >= 4 is 35.3 Å². The van der Waals surface area contributed by atoms with Gasteiger partial charge in [0.15, 0.2) is 0 Å². The van der Waals surface area contributed by atoms with Crippen LogP contribution in [0.25, 0.3) is 6.08 Å². The third kappa shape index (κ3) is 5.24. The van der Waals surface area contributed by atoms with Crippen molar-refractivity contribution < 1.29 is 14.0 Å². The number of rotatable bonds is 5. The summed E-state index contributed by atoms with van der Waals surface area (Å²) in [5, 5.41) is 3.19. The Hall–Kier alpha value is -3.38. The van der Waals surface area contributed by atoms with Gasteiger partial charge < -0.3 is 10.2 Å². The molecule has 2 aliphatic rings. The quantitative estimate of drug-likeness (QED) is 0.391. The first-order chi connectivity index (χ1) is 17.5. The van der Waals surface area contributed by atoms with Crippen LogP contribution in [-0.2, 0) is 11.3 Å². The lowest BCUT2D eigenvalue weighted by molar-refractivity contribution is -0.114. The van der Waals surface area contributed by atoms with Crippen LogP contribution in [0.15, 0.2) is 82.6 Å². The molecule has 0 bridgehead atoms. The van der Waals surface area contributed by atoms with E-state index >= 15 is 0 Å². The molecule has 1 heterocycles. The molecule has 1 fully saturated rings. The van der Waals surface area contributed by atoms with Crippen LogP contribution < -0.4 is 10.2 Å². The van der Waals surface area contributed by atoms with Crippen molar-refractivity contribution in [1.82, 2.24) is 5.32 Å². The van der Waals surface area contributed by atoms with Gasteiger partial charge in [0.2, 0.25) is 0 Å². The summed E-state index contributed by atoms with van der Waals surface area (Å²) in [6.45, 7) is 2.35. The van der Waals surface area contributed by atoms with Gasteiger partial charge in [0.05, 0.1) is 17.1 Å². The van der Waals surface area contributed by atoms with E-state index in [9.17, 15) is 14.0 Å². The molecule has 1 aliphatic heterocycles. The van der Waals surface area contributed by atoms with Gasteiger partial charge in [-0.15, -0.1) is 0 Å². The topological polar surface area (TPSA) is 49.4 Å². The molecule has 3 aromatic carbocycles. The largest absolute Gasteiger partial charge is 0.349 e. The van der Waals surface area contributed by atoms with E-state index in [4.69, 9.17) is 0 Å². The van der Waals surface area contributed by atoms with Crippen molar-refractivity contribution in [2.45, 2.75) is 50.1 Å². The zero-order valence-corrected chi connectivity index (χ0v) is 21.1. The maximum absolute atomic E-state index is 14.4. The van der Waals surface area contributed by atoms with Crippen molar-refractivity contribution in [1.29, 1.82) is 0 Å². The Labute approximate surface area is 215 Å². The number of thioether (sulfide) groups is 1. The standard InChI is InChI=1S/C30H29FN2O2S/c1-20-8-2-5-11-25(20)32-29(34)22-16-14-21(15-17-22)18-28-30(35)33(19-23-9-3-4-10-24(23)31)26-12-6-7-13-27(26)36-28/h3-4,6-7,9-10,12-18,20,25H,2,5,8,11,19H2,1H3,(H,32,34)/b28-18-/t20-,25-/m0/s1. The van der Waals surface area contributed by atoms with Crippen LogP contribution in [0.1, 0.15) is 54.1 Å². The predicted octanol–water partition coefficient (Wildman–Crippen LogP) is 6.81. The molecular weight excluding hydrogens is 471 g/mol. The van der Waals surface area contributed by atoms with Crippen molar-refractivity contribution in [2.24, 2.45) is 5.92 Å². The summed E-state index contributed by atoms with van der Waals surface area (Å²) in [5.74, 6) is -0.0598. The fourth-order valence-electron chi connectivity index (χ4n) is 4.88. The molecule has 0 spiro atoms. The van der Waals surface area contributed by atoms with E-state index in [1.165, 1.54) is 24.2 Å². The van der Waals surface area contributed by atoms with Crippen LogP contribution in [0, 0.1) is 11.7 Å². The van der Waals surface area contributed by atoms with E-state index in [1.807, 2.05) is 42.5 Å². The monoisotopic (exact) mass is 500 g/mol. The summed E-state index contributed by atoms with van der Waals surface area (Å²) in [5.41, 5.74) is 2.69. The lowest BCUT2D eigenvalue weighted by atomic mass is 9.86. The summed E-state index contributed by atoms with van der Waals surface area (Å²) in [6.07, 6.45) is 6.41. The van der Waals surface area contributed by atoms with Crippen LogP contribution in [0.4, 0.5) is 10.1 Å². The molecule has 1 aliphatic carbocycles. The summed E-state index contributed by atoms with van der Waals surface area (Å²) < 4.78 is 14.4. The summed E-state index contributed by atoms with van der Waals surface area (Å²) in [4.78, 5) is 29.4. The number of anilines is 1. The molecule has 36 heavy (non-hydrogen) atoms. The molecule has 6 heteroatoms. The van der Waals surface area contributed by atoms with Crippen LogP contribution in [0.2, 0.25) is 0 Å². The summed E-state index contributed by atoms with van der Waals surface area (Å²) >= 11 is 1.41. The van der Waals surface area contributed by atoms with Crippen LogP contribution in [-0.4, -0.2) is 17.9 Å². The number of para-hydroxylation sites is 1. The number of hydrogen-bond donors (Lipinski definition) is 1. The highest BCUT2D eigenvalue weighted by Gasteiger charge is 2.29. The number of nitrogens with zero attached hydrogens (tertiary/aromatic N) is 1. The Morgan fingerprint density at radius 2 is 1.75 bits per heavy atom. The molecule has 0 saturated heterocycles. The normalized spacial score (nSPS) is 20.8. The maximum Gasteiger partial charge on any atom is 0.265 e. The number of carbonyl (C=O) groups excluding carboxylic acids is 2. The van der Waals surface area contributed by atoms with Crippen molar-refractivity contribution in [2.75, 3.05) is 4.90 Å². The number of nitrogens with one attached hydrogen (secondary N) is 1. The van der Waals surface area contributed by atoms with Crippen molar-refractivity contribution in [3.05, 3.63) is 100 Å². The maximum atomic E-state index is 14.4. The van der Waals surface area contributed by atoms with Gasteiger partial charge in [-0.1, -0.05) is 74.0 Å². The SMILES string of the molecule is C[C@H]1CCCC[C@@H]1NC(=O)c1ccc(/C=C2\Sc3ccccc3N(Cc3ccccc3F)C2=O)cc1.